The summed E-state index contributed by atoms with van der Waals surface area (Å²) < 4.78 is 25.8. The first-order valence-corrected chi connectivity index (χ1v) is 11.8. The molecule has 0 aliphatic carbocycles. The van der Waals surface area contributed by atoms with Gasteiger partial charge >= 0.3 is 0 Å². The van der Waals surface area contributed by atoms with Crippen LogP contribution in [0.3, 0.4) is 0 Å². The lowest BCUT2D eigenvalue weighted by molar-refractivity contribution is -0.116. The van der Waals surface area contributed by atoms with Crippen LogP contribution in [0.25, 0.3) is 0 Å². The number of nitrogens with zero attached hydrogens (tertiary/aromatic N) is 1. The van der Waals surface area contributed by atoms with Crippen molar-refractivity contribution >= 4 is 27.3 Å². The summed E-state index contributed by atoms with van der Waals surface area (Å²) in [6.45, 7) is 0.393. The average Bonchev–Trinajstić information content (AvgIpc) is 3.14. The maximum Gasteiger partial charge on any atom is 0.235 e. The van der Waals surface area contributed by atoms with Gasteiger partial charge in [-0.3, -0.25) is 9.10 Å². The molecule has 3 aromatic rings. The molecule has 1 amide bonds. The fourth-order valence-corrected chi connectivity index (χ4v) is 5.45. The van der Waals surface area contributed by atoms with Crippen LogP contribution < -0.4 is 9.62 Å². The second-order valence-electron chi connectivity index (χ2n) is 7.57. The van der Waals surface area contributed by atoms with Crippen molar-refractivity contribution in [1.29, 1.82) is 0 Å². The van der Waals surface area contributed by atoms with E-state index in [1.54, 1.807) is 6.07 Å². The van der Waals surface area contributed by atoms with E-state index in [0.717, 1.165) is 11.1 Å². The number of hydrogen-bond acceptors (Lipinski definition) is 4. The molecular formula is C24H24N2O4S. The van der Waals surface area contributed by atoms with E-state index >= 15 is 0 Å². The molecule has 6 nitrogen and oxygen atoms in total. The molecule has 7 heteroatoms. The van der Waals surface area contributed by atoms with E-state index in [1.165, 1.54) is 16.4 Å². The third-order valence-electron chi connectivity index (χ3n) is 5.43. The average molecular weight is 437 g/mol. The summed E-state index contributed by atoms with van der Waals surface area (Å²) in [5, 5.41) is 13.0. The standard InChI is InChI=1S/C24H24N2O4S/c27-23-13-12-20(26-14-7-15-31(26,29)30)16-22(23)25-24(28)17-21(18-8-3-1-4-9-18)19-10-5-2-6-11-19/h1-6,8-13,16,21,27H,7,14-15,17H2,(H,25,28). The Labute approximate surface area is 182 Å². The molecule has 3 aromatic carbocycles. The molecule has 160 valence electrons. The Morgan fingerprint density at radius 2 is 1.58 bits per heavy atom. The van der Waals surface area contributed by atoms with Gasteiger partial charge in [0, 0.05) is 18.9 Å². The van der Waals surface area contributed by atoms with Gasteiger partial charge < -0.3 is 10.4 Å². The van der Waals surface area contributed by atoms with Crippen molar-refractivity contribution in [2.24, 2.45) is 0 Å². The maximum absolute atomic E-state index is 12.9. The Bertz CT molecular complexity index is 1130. The van der Waals surface area contributed by atoms with E-state index in [4.69, 9.17) is 0 Å². The predicted octanol–water partition coefficient (Wildman–Crippen LogP) is 4.09. The number of aromatic hydroxyl groups is 1. The van der Waals surface area contributed by atoms with Crippen molar-refractivity contribution in [3.05, 3.63) is 90.0 Å². The van der Waals surface area contributed by atoms with Gasteiger partial charge in [0.25, 0.3) is 0 Å². The van der Waals surface area contributed by atoms with Gasteiger partial charge in [0.1, 0.15) is 5.75 Å². The molecule has 4 rings (SSSR count). The van der Waals surface area contributed by atoms with Crippen LogP contribution in [-0.4, -0.2) is 31.7 Å². The van der Waals surface area contributed by atoms with E-state index < -0.39 is 10.0 Å². The number of phenols is 1. The fourth-order valence-electron chi connectivity index (χ4n) is 3.89. The van der Waals surface area contributed by atoms with Crippen LogP contribution in [0.2, 0.25) is 0 Å². The molecule has 1 aliphatic heterocycles. The van der Waals surface area contributed by atoms with Gasteiger partial charge in [-0.05, 0) is 35.7 Å². The monoisotopic (exact) mass is 436 g/mol. The Balaban J connectivity index is 1.56. The third kappa shape index (κ3) is 4.72. The topological polar surface area (TPSA) is 86.7 Å². The van der Waals surface area contributed by atoms with Crippen molar-refractivity contribution in [3.63, 3.8) is 0 Å². The van der Waals surface area contributed by atoms with Gasteiger partial charge in [-0.2, -0.15) is 0 Å². The lowest BCUT2D eigenvalue weighted by Crippen LogP contribution is -2.25. The summed E-state index contributed by atoms with van der Waals surface area (Å²) in [5.41, 5.74) is 2.67. The van der Waals surface area contributed by atoms with Gasteiger partial charge in [0.15, 0.2) is 0 Å². The highest BCUT2D eigenvalue weighted by Gasteiger charge is 2.29. The van der Waals surface area contributed by atoms with Crippen LogP contribution >= 0.6 is 0 Å². The number of anilines is 2. The second kappa shape index (κ2) is 8.81. The Morgan fingerprint density at radius 3 is 2.13 bits per heavy atom. The zero-order valence-corrected chi connectivity index (χ0v) is 17.8. The minimum Gasteiger partial charge on any atom is -0.506 e. The number of benzene rings is 3. The molecule has 0 bridgehead atoms. The van der Waals surface area contributed by atoms with Crippen LogP contribution in [0.15, 0.2) is 78.9 Å². The molecule has 2 N–H and O–H groups in total. The molecule has 0 atom stereocenters. The van der Waals surface area contributed by atoms with Crippen LogP contribution in [0.4, 0.5) is 11.4 Å². The number of sulfonamides is 1. The van der Waals surface area contributed by atoms with E-state index in [-0.39, 0.29) is 35.4 Å². The maximum atomic E-state index is 12.9. The van der Waals surface area contributed by atoms with E-state index in [1.807, 2.05) is 60.7 Å². The summed E-state index contributed by atoms with van der Waals surface area (Å²) in [7, 11) is -3.35. The summed E-state index contributed by atoms with van der Waals surface area (Å²) in [5.74, 6) is -0.420. The van der Waals surface area contributed by atoms with Gasteiger partial charge in [-0.25, -0.2) is 8.42 Å². The van der Waals surface area contributed by atoms with Crippen LogP contribution in [0, 0.1) is 0 Å². The minimum absolute atomic E-state index is 0.103. The Morgan fingerprint density at radius 1 is 0.968 bits per heavy atom. The highest BCUT2D eigenvalue weighted by Crippen LogP contribution is 2.33. The number of hydrogen-bond donors (Lipinski definition) is 2. The Hall–Kier alpha value is -3.32. The smallest absolute Gasteiger partial charge is 0.235 e. The molecule has 1 saturated heterocycles. The van der Waals surface area contributed by atoms with Crippen LogP contribution in [-0.2, 0) is 14.8 Å². The number of carbonyl (C=O) groups excluding carboxylic acids is 1. The summed E-state index contributed by atoms with van der Waals surface area (Å²) in [4.78, 5) is 12.9. The molecule has 0 radical (unpaired) electrons. The zero-order valence-electron chi connectivity index (χ0n) is 16.9. The molecule has 0 unspecified atom stereocenters. The normalized spacial score (nSPS) is 15.2. The number of nitrogens with one attached hydrogen (secondary N) is 1. The third-order valence-corrected chi connectivity index (χ3v) is 7.30. The summed E-state index contributed by atoms with van der Waals surface area (Å²) in [6, 6.07) is 24.0. The van der Waals surface area contributed by atoms with Crippen LogP contribution in [0.5, 0.6) is 5.75 Å². The van der Waals surface area contributed by atoms with Gasteiger partial charge in [0.2, 0.25) is 15.9 Å². The SMILES string of the molecule is O=C(CC(c1ccccc1)c1ccccc1)Nc1cc(N2CCCS2(=O)=O)ccc1O. The first-order chi connectivity index (χ1) is 14.9. The number of rotatable bonds is 6. The molecule has 1 heterocycles. The van der Waals surface area contributed by atoms with Gasteiger partial charge in [-0.15, -0.1) is 0 Å². The van der Waals surface area contributed by atoms with Crippen molar-refractivity contribution in [1.82, 2.24) is 0 Å². The van der Waals surface area contributed by atoms with Crippen molar-refractivity contribution in [3.8, 4) is 5.75 Å². The number of phenolic OH excluding ortho intramolecular Hbond substituents is 1. The summed E-state index contributed by atoms with van der Waals surface area (Å²) in [6.07, 6.45) is 0.737. The minimum atomic E-state index is -3.35. The molecule has 31 heavy (non-hydrogen) atoms. The van der Waals surface area contributed by atoms with Crippen molar-refractivity contribution < 1.29 is 18.3 Å². The predicted molar refractivity (Wildman–Crippen MR) is 122 cm³/mol. The summed E-state index contributed by atoms with van der Waals surface area (Å²) >= 11 is 0. The molecule has 1 fully saturated rings. The molecular weight excluding hydrogens is 412 g/mol. The highest BCUT2D eigenvalue weighted by atomic mass is 32.2. The lowest BCUT2D eigenvalue weighted by Gasteiger charge is -2.20. The van der Waals surface area contributed by atoms with Crippen molar-refractivity contribution in [2.45, 2.75) is 18.8 Å². The zero-order chi connectivity index (χ0) is 21.8. The van der Waals surface area contributed by atoms with E-state index in [9.17, 15) is 18.3 Å². The molecule has 0 spiro atoms. The number of amides is 1. The number of carbonyl (C=O) groups is 1. The lowest BCUT2D eigenvalue weighted by atomic mass is 9.88. The quantitative estimate of drug-likeness (QED) is 0.570. The fraction of sp³-hybridized carbons (Fsp3) is 0.208. The molecule has 0 aromatic heterocycles. The molecule has 1 aliphatic rings. The first kappa shape index (κ1) is 20.9. The second-order valence-corrected chi connectivity index (χ2v) is 9.58. The van der Waals surface area contributed by atoms with Crippen LogP contribution in [0.1, 0.15) is 29.9 Å². The van der Waals surface area contributed by atoms with E-state index in [2.05, 4.69) is 5.32 Å². The Kier molecular flexibility index (Phi) is 5.95. The van der Waals surface area contributed by atoms with Gasteiger partial charge in [0.05, 0.1) is 17.1 Å². The van der Waals surface area contributed by atoms with Crippen molar-refractivity contribution in [2.75, 3.05) is 21.9 Å². The highest BCUT2D eigenvalue weighted by molar-refractivity contribution is 7.93. The molecule has 0 saturated carbocycles. The van der Waals surface area contributed by atoms with Gasteiger partial charge in [-0.1, -0.05) is 60.7 Å². The largest absolute Gasteiger partial charge is 0.506 e. The van der Waals surface area contributed by atoms with E-state index in [0.29, 0.717) is 18.7 Å². The first-order valence-electron chi connectivity index (χ1n) is 10.2.